The number of sulfonamides is 1. The predicted octanol–water partition coefficient (Wildman–Crippen LogP) is 4.46. The molecule has 2 N–H and O–H groups in total. The number of rotatable bonds is 9. The van der Waals surface area contributed by atoms with E-state index < -0.39 is 21.3 Å². The Morgan fingerprint density at radius 3 is 2.63 bits per heavy atom. The molecule has 2 aliphatic heterocycles. The molecular formula is C29H31Cl2N5O6S. The Bertz CT molecular complexity index is 1620. The molecule has 2 saturated heterocycles. The van der Waals surface area contributed by atoms with Crippen LogP contribution in [0.5, 0.6) is 0 Å². The molecule has 1 amide bonds. The number of piperidine rings is 1. The van der Waals surface area contributed by atoms with Gasteiger partial charge in [0, 0.05) is 41.2 Å². The van der Waals surface area contributed by atoms with Crippen LogP contribution in [0, 0.1) is 5.92 Å². The van der Waals surface area contributed by atoms with Crippen LogP contribution in [-0.4, -0.2) is 61.4 Å². The van der Waals surface area contributed by atoms with Crippen molar-refractivity contribution in [1.82, 2.24) is 20.2 Å². The number of nitrogens with one attached hydrogen (secondary N) is 2. The van der Waals surface area contributed by atoms with Gasteiger partial charge in [0.1, 0.15) is 17.3 Å². The number of aromatic nitrogens is 2. The van der Waals surface area contributed by atoms with Gasteiger partial charge < -0.3 is 18.9 Å². The minimum atomic E-state index is -3.91. The van der Waals surface area contributed by atoms with Gasteiger partial charge in [-0.05, 0) is 56.9 Å². The Labute approximate surface area is 259 Å². The van der Waals surface area contributed by atoms with E-state index in [0.29, 0.717) is 33.8 Å². The third-order valence-corrected chi connectivity index (χ3v) is 11.1. The normalized spacial score (nSPS) is 26.8. The lowest BCUT2D eigenvalue weighted by Crippen LogP contribution is -2.45. The lowest BCUT2D eigenvalue weighted by molar-refractivity contribution is 0.00359. The van der Waals surface area contributed by atoms with Crippen molar-refractivity contribution in [3.8, 4) is 11.3 Å². The van der Waals surface area contributed by atoms with Crippen molar-refractivity contribution in [2.45, 2.75) is 68.7 Å². The van der Waals surface area contributed by atoms with Crippen LogP contribution in [-0.2, 0) is 26.1 Å². The highest BCUT2D eigenvalue weighted by Gasteiger charge is 2.50. The molecule has 7 rings (SSSR count). The first-order valence-corrected chi connectivity index (χ1v) is 16.7. The van der Waals surface area contributed by atoms with Gasteiger partial charge in [0.25, 0.3) is 15.9 Å². The topological polar surface area (TPSA) is 136 Å². The van der Waals surface area contributed by atoms with Crippen molar-refractivity contribution in [2.24, 2.45) is 5.92 Å². The van der Waals surface area contributed by atoms with Crippen molar-refractivity contribution in [3.05, 3.63) is 63.5 Å². The number of nitrogens with zero attached hydrogens (tertiary/aromatic N) is 3. The standard InChI is InChI=1S/C29H31Cl2N5O6S/c1-15-19-9-18(36(15)24-8-7-17(11-32-24)29(37)35-43(38,39)25-13-40-14-33-25)10-23(19)41-12-20-27(34-42-28(20)16-5-6-16)26-21(30)3-2-4-22(26)31/h2-4,7-8,11,15-16,18-19,23,25,33H,5-6,9-10,12-14H2,1H3,(H,35,37)/t15-,18+,19+,23-,25?/m1/s1. The summed E-state index contributed by atoms with van der Waals surface area (Å²) in [5, 5.41) is 7.14. The molecule has 2 saturated carbocycles. The summed E-state index contributed by atoms with van der Waals surface area (Å²) in [7, 11) is -3.91. The van der Waals surface area contributed by atoms with E-state index in [9.17, 15) is 13.2 Å². The van der Waals surface area contributed by atoms with Gasteiger partial charge in [-0.1, -0.05) is 34.4 Å². The van der Waals surface area contributed by atoms with Crippen molar-refractivity contribution >= 4 is 45.0 Å². The lowest BCUT2D eigenvalue weighted by Gasteiger charge is -2.38. The number of anilines is 1. The number of hydrogen-bond donors (Lipinski definition) is 2. The van der Waals surface area contributed by atoms with Gasteiger partial charge in [-0.3, -0.25) is 10.1 Å². The minimum absolute atomic E-state index is 0.0164. The van der Waals surface area contributed by atoms with E-state index in [4.69, 9.17) is 37.2 Å². The van der Waals surface area contributed by atoms with Gasteiger partial charge in [-0.2, -0.15) is 0 Å². The monoisotopic (exact) mass is 647 g/mol. The molecule has 2 bridgehead atoms. The Balaban J connectivity index is 1.02. The highest BCUT2D eigenvalue weighted by Crippen LogP contribution is 2.48. The van der Waals surface area contributed by atoms with E-state index in [-0.39, 0.29) is 43.0 Å². The van der Waals surface area contributed by atoms with Gasteiger partial charge in [0.15, 0.2) is 5.37 Å². The quantitative estimate of drug-likeness (QED) is 0.343. The summed E-state index contributed by atoms with van der Waals surface area (Å²) in [4.78, 5) is 19.4. The SMILES string of the molecule is C[C@@H]1[C@@H]2C[C@@H](C[C@H]2OCc2c(-c3c(Cl)cccc3Cl)noc2C2CC2)N1c1ccc(C(=O)NS(=O)(=O)C2COCN2)cn1. The second-order valence-corrected chi connectivity index (χ2v) is 14.3. The maximum Gasteiger partial charge on any atom is 0.266 e. The van der Waals surface area contributed by atoms with Crippen molar-refractivity contribution in [3.63, 3.8) is 0 Å². The van der Waals surface area contributed by atoms with Crippen LogP contribution in [0.2, 0.25) is 10.0 Å². The molecule has 4 fully saturated rings. The third kappa shape index (κ3) is 5.42. The molecule has 14 heteroatoms. The second kappa shape index (κ2) is 11.3. The number of halogens is 2. The molecule has 3 aromatic rings. The summed E-state index contributed by atoms with van der Waals surface area (Å²) in [6.07, 6.45) is 5.39. The fourth-order valence-corrected chi connectivity index (χ4v) is 8.27. The zero-order chi connectivity index (χ0) is 29.9. The molecule has 1 unspecified atom stereocenters. The number of ether oxygens (including phenoxy) is 2. The Morgan fingerprint density at radius 2 is 1.98 bits per heavy atom. The molecule has 5 atom stereocenters. The molecule has 1 aromatic carbocycles. The molecule has 2 aromatic heterocycles. The number of benzene rings is 1. The highest BCUT2D eigenvalue weighted by molar-refractivity contribution is 7.90. The number of carbonyl (C=O) groups excluding carboxylic acids is 1. The average Bonchev–Trinajstić information content (AvgIpc) is 3.34. The summed E-state index contributed by atoms with van der Waals surface area (Å²) in [5.74, 6) is 1.51. The molecule has 43 heavy (non-hydrogen) atoms. The van der Waals surface area contributed by atoms with E-state index in [1.54, 1.807) is 30.3 Å². The maximum atomic E-state index is 12.6. The number of pyridine rings is 1. The Hall–Kier alpha value is -2.74. The third-order valence-electron chi connectivity index (χ3n) is 8.95. The summed E-state index contributed by atoms with van der Waals surface area (Å²) >= 11 is 13.0. The number of carbonyl (C=O) groups is 1. The zero-order valence-electron chi connectivity index (χ0n) is 23.3. The van der Waals surface area contributed by atoms with Crippen molar-refractivity contribution < 1.29 is 27.2 Å². The van der Waals surface area contributed by atoms with Gasteiger partial charge in [0.05, 0.1) is 41.7 Å². The predicted molar refractivity (Wildman–Crippen MR) is 159 cm³/mol. The van der Waals surface area contributed by atoms with E-state index in [0.717, 1.165) is 42.8 Å². The molecule has 0 spiro atoms. The van der Waals surface area contributed by atoms with Crippen LogP contribution in [0.3, 0.4) is 0 Å². The smallest absolute Gasteiger partial charge is 0.266 e. The number of fused-ring (bicyclic) bond motifs is 2. The Morgan fingerprint density at radius 1 is 1.19 bits per heavy atom. The van der Waals surface area contributed by atoms with Gasteiger partial charge >= 0.3 is 0 Å². The molecular weight excluding hydrogens is 617 g/mol. The second-order valence-electron chi connectivity index (χ2n) is 11.6. The molecule has 2 aliphatic carbocycles. The Kier molecular flexibility index (Phi) is 7.63. The maximum absolute atomic E-state index is 12.6. The van der Waals surface area contributed by atoms with Gasteiger partial charge in [-0.25, -0.2) is 18.1 Å². The van der Waals surface area contributed by atoms with Crippen molar-refractivity contribution in [1.29, 1.82) is 0 Å². The van der Waals surface area contributed by atoms with Crippen LogP contribution < -0.4 is 14.9 Å². The largest absolute Gasteiger partial charge is 0.373 e. The first-order valence-electron chi connectivity index (χ1n) is 14.4. The average molecular weight is 649 g/mol. The first kappa shape index (κ1) is 29.0. The first-order chi connectivity index (χ1) is 20.7. The van der Waals surface area contributed by atoms with Crippen LogP contribution in [0.25, 0.3) is 11.3 Å². The fraction of sp³-hybridized carbons (Fsp3) is 0.483. The molecule has 4 aliphatic rings. The summed E-state index contributed by atoms with van der Waals surface area (Å²) in [6.45, 7) is 2.63. The van der Waals surface area contributed by atoms with Gasteiger partial charge in [0.2, 0.25) is 0 Å². The molecule has 0 radical (unpaired) electrons. The van der Waals surface area contributed by atoms with Crippen LogP contribution in [0.15, 0.2) is 41.1 Å². The highest BCUT2D eigenvalue weighted by atomic mass is 35.5. The molecule has 228 valence electrons. The van der Waals surface area contributed by atoms with Crippen LogP contribution >= 0.6 is 23.2 Å². The van der Waals surface area contributed by atoms with E-state index >= 15 is 0 Å². The van der Waals surface area contributed by atoms with Crippen LogP contribution in [0.4, 0.5) is 5.82 Å². The van der Waals surface area contributed by atoms with E-state index in [1.165, 1.54) is 6.20 Å². The summed E-state index contributed by atoms with van der Waals surface area (Å²) < 4.78 is 44.4. The van der Waals surface area contributed by atoms with Gasteiger partial charge in [-0.15, -0.1) is 0 Å². The fourth-order valence-electron chi connectivity index (χ4n) is 6.61. The van der Waals surface area contributed by atoms with E-state index in [2.05, 4.69) is 32.0 Å². The number of hydrogen-bond acceptors (Lipinski definition) is 10. The summed E-state index contributed by atoms with van der Waals surface area (Å²) in [6, 6.07) is 9.16. The molecule has 4 heterocycles. The number of amides is 1. The minimum Gasteiger partial charge on any atom is -0.373 e. The van der Waals surface area contributed by atoms with Crippen LogP contribution in [0.1, 0.15) is 60.2 Å². The van der Waals surface area contributed by atoms with E-state index in [1.807, 2.05) is 0 Å². The lowest BCUT2D eigenvalue weighted by atomic mass is 9.97. The molecule has 11 nitrogen and oxygen atoms in total. The summed E-state index contributed by atoms with van der Waals surface area (Å²) in [5.41, 5.74) is 2.39. The van der Waals surface area contributed by atoms with Crippen molar-refractivity contribution in [2.75, 3.05) is 18.2 Å². The zero-order valence-corrected chi connectivity index (χ0v) is 25.7.